The fraction of sp³-hybridized carbons (Fsp3) is 0.808. The topological polar surface area (TPSA) is 95.9 Å². The smallest absolute Gasteiger partial charge is 0.305 e. The standard InChI is InChI=1S/C52H95NO5/c1-3-5-7-9-11-13-15-17-18-21-24-28-32-36-40-44-50(55)49(48-54)53-51(56)45-41-37-33-29-25-22-19-23-27-31-35-39-43-47-58-52(57)46-42-38-34-30-26-20-16-14-12-10-8-6-4-2/h8,10,14,16,22,25,40,44,49-50,54-55H,3-7,9,11-13,15,17-21,23-24,26-39,41-43,45-48H2,1-2H3,(H,53,56)/b10-8-,16-14-,25-22-,44-40+. The summed E-state index contributed by atoms with van der Waals surface area (Å²) in [4.78, 5) is 24.4. The van der Waals surface area contributed by atoms with Crippen LogP contribution >= 0.6 is 0 Å². The van der Waals surface area contributed by atoms with E-state index in [1.165, 1.54) is 135 Å². The monoisotopic (exact) mass is 814 g/mol. The number of unbranched alkanes of at least 4 members (excludes halogenated alkanes) is 28. The van der Waals surface area contributed by atoms with Crippen LogP contribution in [0, 0.1) is 0 Å². The third-order valence-corrected chi connectivity index (χ3v) is 11.0. The van der Waals surface area contributed by atoms with Crippen LogP contribution in [0.1, 0.15) is 245 Å². The predicted octanol–water partition coefficient (Wildman–Crippen LogP) is 14.7. The van der Waals surface area contributed by atoms with E-state index < -0.39 is 12.1 Å². The molecule has 0 radical (unpaired) electrons. The van der Waals surface area contributed by atoms with E-state index in [0.717, 1.165) is 83.5 Å². The molecule has 0 aliphatic carbocycles. The van der Waals surface area contributed by atoms with Gasteiger partial charge in [-0.2, -0.15) is 0 Å². The molecular weight excluding hydrogens is 719 g/mol. The summed E-state index contributed by atoms with van der Waals surface area (Å²) in [7, 11) is 0. The molecule has 6 nitrogen and oxygen atoms in total. The first-order valence-corrected chi connectivity index (χ1v) is 24.9. The molecular formula is C52H95NO5. The van der Waals surface area contributed by atoms with Gasteiger partial charge in [-0.05, 0) is 83.5 Å². The van der Waals surface area contributed by atoms with E-state index in [1.54, 1.807) is 6.08 Å². The zero-order chi connectivity index (χ0) is 42.3. The summed E-state index contributed by atoms with van der Waals surface area (Å²) in [5.74, 6) is -0.130. The highest BCUT2D eigenvalue weighted by atomic mass is 16.5. The van der Waals surface area contributed by atoms with Crippen LogP contribution in [0.25, 0.3) is 0 Å². The highest BCUT2D eigenvalue weighted by Gasteiger charge is 2.18. The lowest BCUT2D eigenvalue weighted by atomic mass is 10.0. The molecule has 6 heteroatoms. The number of amides is 1. The number of aliphatic hydroxyl groups excluding tert-OH is 2. The summed E-state index contributed by atoms with van der Waals surface area (Å²) < 4.78 is 5.43. The van der Waals surface area contributed by atoms with Gasteiger partial charge >= 0.3 is 5.97 Å². The van der Waals surface area contributed by atoms with Crippen LogP contribution in [-0.2, 0) is 14.3 Å². The van der Waals surface area contributed by atoms with Gasteiger partial charge in [-0.15, -0.1) is 0 Å². The maximum absolute atomic E-state index is 12.4. The lowest BCUT2D eigenvalue weighted by Gasteiger charge is -2.19. The second kappa shape index (κ2) is 47.5. The lowest BCUT2D eigenvalue weighted by molar-refractivity contribution is -0.143. The Morgan fingerprint density at radius 1 is 0.483 bits per heavy atom. The third-order valence-electron chi connectivity index (χ3n) is 11.0. The van der Waals surface area contributed by atoms with Crippen molar-refractivity contribution >= 4 is 11.9 Å². The fourth-order valence-corrected chi connectivity index (χ4v) is 7.19. The number of esters is 1. The van der Waals surface area contributed by atoms with Gasteiger partial charge in [-0.25, -0.2) is 0 Å². The van der Waals surface area contributed by atoms with Gasteiger partial charge in [-0.3, -0.25) is 9.59 Å². The molecule has 0 aliphatic heterocycles. The van der Waals surface area contributed by atoms with Crippen molar-refractivity contribution < 1.29 is 24.5 Å². The van der Waals surface area contributed by atoms with Crippen LogP contribution in [0.15, 0.2) is 48.6 Å². The molecule has 3 N–H and O–H groups in total. The molecule has 0 fully saturated rings. The van der Waals surface area contributed by atoms with Crippen molar-refractivity contribution in [1.29, 1.82) is 0 Å². The Kier molecular flexibility index (Phi) is 45.7. The first kappa shape index (κ1) is 55.8. The average molecular weight is 814 g/mol. The first-order chi connectivity index (χ1) is 28.5. The average Bonchev–Trinajstić information content (AvgIpc) is 3.22. The maximum atomic E-state index is 12.4. The van der Waals surface area contributed by atoms with Crippen molar-refractivity contribution in [1.82, 2.24) is 5.32 Å². The Labute approximate surface area is 359 Å². The molecule has 338 valence electrons. The Hall–Kier alpha value is -2.18. The van der Waals surface area contributed by atoms with Crippen LogP contribution in [0.4, 0.5) is 0 Å². The van der Waals surface area contributed by atoms with Crippen LogP contribution < -0.4 is 5.32 Å². The molecule has 0 aromatic rings. The van der Waals surface area contributed by atoms with Gasteiger partial charge in [0.05, 0.1) is 25.4 Å². The third kappa shape index (κ3) is 43.4. The summed E-state index contributed by atoms with van der Waals surface area (Å²) in [6, 6.07) is -0.649. The molecule has 0 saturated heterocycles. The predicted molar refractivity (Wildman–Crippen MR) is 250 cm³/mol. The molecule has 0 aliphatic rings. The summed E-state index contributed by atoms with van der Waals surface area (Å²) in [5, 5.41) is 23.0. The van der Waals surface area contributed by atoms with Gasteiger partial charge in [0, 0.05) is 12.8 Å². The molecule has 0 rings (SSSR count). The Morgan fingerprint density at radius 2 is 0.897 bits per heavy atom. The largest absolute Gasteiger partial charge is 0.466 e. The number of ether oxygens (including phenoxy) is 1. The van der Waals surface area contributed by atoms with E-state index in [4.69, 9.17) is 4.74 Å². The normalized spacial score (nSPS) is 13.1. The van der Waals surface area contributed by atoms with E-state index >= 15 is 0 Å². The van der Waals surface area contributed by atoms with Crippen molar-refractivity contribution in [3.8, 4) is 0 Å². The van der Waals surface area contributed by atoms with Crippen molar-refractivity contribution in [2.75, 3.05) is 13.2 Å². The van der Waals surface area contributed by atoms with Gasteiger partial charge in [0.25, 0.3) is 0 Å². The van der Waals surface area contributed by atoms with Gasteiger partial charge in [-0.1, -0.05) is 197 Å². The summed E-state index contributed by atoms with van der Waals surface area (Å²) in [5.41, 5.74) is 0. The van der Waals surface area contributed by atoms with E-state index in [1.807, 2.05) is 6.08 Å². The molecule has 58 heavy (non-hydrogen) atoms. The number of carbonyl (C=O) groups is 2. The van der Waals surface area contributed by atoms with Gasteiger partial charge in [0.1, 0.15) is 0 Å². The molecule has 0 bridgehead atoms. The van der Waals surface area contributed by atoms with E-state index in [9.17, 15) is 19.8 Å². The Balaban J connectivity index is 3.56. The molecule has 2 unspecified atom stereocenters. The van der Waals surface area contributed by atoms with Crippen LogP contribution in [0.2, 0.25) is 0 Å². The molecule has 0 aromatic heterocycles. The number of carbonyl (C=O) groups excluding carboxylic acids is 2. The number of hydrogen-bond donors (Lipinski definition) is 3. The van der Waals surface area contributed by atoms with Crippen LogP contribution in [0.5, 0.6) is 0 Å². The van der Waals surface area contributed by atoms with Gasteiger partial charge in [0.15, 0.2) is 0 Å². The number of allylic oxidation sites excluding steroid dienone is 7. The van der Waals surface area contributed by atoms with Crippen molar-refractivity contribution in [3.63, 3.8) is 0 Å². The second-order valence-corrected chi connectivity index (χ2v) is 16.8. The number of nitrogens with one attached hydrogen (secondary N) is 1. The van der Waals surface area contributed by atoms with Gasteiger partial charge in [0.2, 0.25) is 5.91 Å². The van der Waals surface area contributed by atoms with E-state index in [-0.39, 0.29) is 18.5 Å². The molecule has 0 heterocycles. The van der Waals surface area contributed by atoms with E-state index in [0.29, 0.717) is 19.4 Å². The SMILES string of the molecule is CCC/C=C\C/C=C\CCCCCCCC(=O)OCCCCCCCC/C=C\CCCCCC(=O)NC(CO)C(O)/C=C/CCCCCCCCCCCCCCC. The minimum atomic E-state index is -0.862. The summed E-state index contributed by atoms with van der Waals surface area (Å²) in [6.07, 6.45) is 58.2. The zero-order valence-corrected chi connectivity index (χ0v) is 38.3. The quantitative estimate of drug-likeness (QED) is 0.0323. The van der Waals surface area contributed by atoms with Gasteiger partial charge < -0.3 is 20.3 Å². The Bertz CT molecular complexity index is 988. The van der Waals surface area contributed by atoms with Crippen LogP contribution in [0.3, 0.4) is 0 Å². The molecule has 0 aromatic carbocycles. The number of rotatable bonds is 45. The summed E-state index contributed by atoms with van der Waals surface area (Å²) >= 11 is 0. The molecule has 1 amide bonds. The second-order valence-electron chi connectivity index (χ2n) is 16.8. The minimum Gasteiger partial charge on any atom is -0.466 e. The number of hydrogen-bond acceptors (Lipinski definition) is 5. The highest BCUT2D eigenvalue weighted by Crippen LogP contribution is 2.14. The van der Waals surface area contributed by atoms with Crippen molar-refractivity contribution in [2.45, 2.75) is 257 Å². The Morgan fingerprint density at radius 3 is 1.41 bits per heavy atom. The molecule has 0 saturated carbocycles. The van der Waals surface area contributed by atoms with E-state index in [2.05, 4.69) is 55.6 Å². The van der Waals surface area contributed by atoms with Crippen molar-refractivity contribution in [2.24, 2.45) is 0 Å². The lowest BCUT2D eigenvalue weighted by Crippen LogP contribution is -2.45. The fourth-order valence-electron chi connectivity index (χ4n) is 7.19. The molecule has 0 spiro atoms. The minimum absolute atomic E-state index is 0.0304. The highest BCUT2D eigenvalue weighted by molar-refractivity contribution is 5.76. The summed E-state index contributed by atoms with van der Waals surface area (Å²) in [6.45, 7) is 4.77. The maximum Gasteiger partial charge on any atom is 0.305 e. The van der Waals surface area contributed by atoms with Crippen LogP contribution in [-0.4, -0.2) is 47.4 Å². The number of aliphatic hydroxyl groups is 2. The zero-order valence-electron chi connectivity index (χ0n) is 38.3. The molecule has 2 atom stereocenters. The van der Waals surface area contributed by atoms with Crippen molar-refractivity contribution in [3.05, 3.63) is 48.6 Å². The first-order valence-electron chi connectivity index (χ1n) is 24.9.